The Morgan fingerprint density at radius 1 is 0.333 bits per heavy atom. The van der Waals surface area contributed by atoms with Crippen LogP contribution in [0.2, 0.25) is 0 Å². The Hall–Kier alpha value is -2.26. The van der Waals surface area contributed by atoms with E-state index < -0.39 is 0 Å². The molecule has 0 aliphatic carbocycles. The van der Waals surface area contributed by atoms with Gasteiger partial charge in [-0.15, -0.1) is 10.1 Å². The van der Waals surface area contributed by atoms with Gasteiger partial charge in [0, 0.05) is 45.6 Å². The van der Waals surface area contributed by atoms with Gasteiger partial charge in [-0.05, 0) is 116 Å². The first kappa shape index (κ1) is 63.7. The molecular formula is C58H109N3O5. The van der Waals surface area contributed by atoms with Gasteiger partial charge in [0.25, 0.3) is 0 Å². The van der Waals surface area contributed by atoms with E-state index in [1.54, 1.807) is 0 Å². The molecule has 0 atom stereocenters. The number of unbranched alkanes of at least 4 members (excludes halogenated alkanes) is 24. The third kappa shape index (κ3) is 48.2. The van der Waals surface area contributed by atoms with E-state index in [1.165, 1.54) is 141 Å². The second kappa shape index (κ2) is 53.7. The van der Waals surface area contributed by atoms with Gasteiger partial charge in [0.2, 0.25) is 0 Å². The topological polar surface area (TPSA) is 82.6 Å². The van der Waals surface area contributed by atoms with E-state index in [4.69, 9.17) is 9.68 Å². The average Bonchev–Trinajstić information content (AvgIpc) is 3.31. The van der Waals surface area contributed by atoms with Crippen molar-refractivity contribution in [3.63, 3.8) is 0 Å². The lowest BCUT2D eigenvalue weighted by atomic mass is 10.1. The Morgan fingerprint density at radius 2 is 0.606 bits per heavy atom. The maximum atomic E-state index is 12.7. The maximum absolute atomic E-state index is 12.7. The first-order valence-electron chi connectivity index (χ1n) is 28.3. The fraction of sp³-hybridized carbons (Fsp3) is 0.828. The highest BCUT2D eigenvalue weighted by Crippen LogP contribution is 2.14. The van der Waals surface area contributed by atoms with Gasteiger partial charge in [0.15, 0.2) is 0 Å². The van der Waals surface area contributed by atoms with Crippen LogP contribution in [0.1, 0.15) is 259 Å². The number of carbonyl (C=O) groups excluding carboxylic acids is 2. The Bertz CT molecular complexity index is 1010. The van der Waals surface area contributed by atoms with Gasteiger partial charge in [-0.3, -0.25) is 9.59 Å². The van der Waals surface area contributed by atoms with Crippen molar-refractivity contribution in [1.29, 1.82) is 0 Å². The monoisotopic (exact) mass is 928 g/mol. The zero-order chi connectivity index (χ0) is 48.1. The van der Waals surface area contributed by atoms with Gasteiger partial charge >= 0.3 is 11.9 Å². The number of hydroxylamine groups is 4. The number of aliphatic hydroxyl groups excluding tert-OH is 1. The van der Waals surface area contributed by atoms with Gasteiger partial charge in [0.05, 0.1) is 6.61 Å². The van der Waals surface area contributed by atoms with Crippen LogP contribution in [0.15, 0.2) is 48.6 Å². The molecule has 0 rings (SSSR count). The van der Waals surface area contributed by atoms with Crippen LogP contribution in [-0.2, 0) is 19.3 Å². The summed E-state index contributed by atoms with van der Waals surface area (Å²) in [6.07, 6.45) is 58.4. The van der Waals surface area contributed by atoms with Crippen molar-refractivity contribution in [2.75, 3.05) is 52.4 Å². The van der Waals surface area contributed by atoms with Crippen molar-refractivity contribution in [1.82, 2.24) is 15.0 Å². The van der Waals surface area contributed by atoms with Gasteiger partial charge in [0.1, 0.15) is 0 Å². The molecule has 0 fully saturated rings. The highest BCUT2D eigenvalue weighted by Gasteiger charge is 2.12. The molecule has 0 aliphatic heterocycles. The SMILES string of the molecule is CCCCC/C=C\CCN(CC/C=C\CCCCC)OC(=O)CCCCCCCCCN(CCO)CCCCCCCCCC(=O)ON(CC/C=C\CCCCC)CC/C=C\CCCCC. The molecule has 0 aromatic carbocycles. The molecule has 0 amide bonds. The van der Waals surface area contributed by atoms with E-state index >= 15 is 0 Å². The second-order valence-electron chi connectivity index (χ2n) is 18.8. The standard InChI is InChI=1S/C58H109N3O5/c1-5-9-13-17-25-35-43-51-60(52-44-36-26-18-14-10-6-2)65-57(63)47-39-31-23-21-29-33-41-49-59(55-56-62)50-42-34-30-22-24-32-40-48-58(64)66-61(53-45-37-27-19-15-11-7-3)54-46-38-28-20-16-12-8-4/h25-28,35-38,62H,5-24,29-34,39-56H2,1-4H3/b35-25-,36-26-,37-27-,38-28-. The molecule has 0 aliphatic rings. The van der Waals surface area contributed by atoms with Crippen molar-refractivity contribution in [3.05, 3.63) is 48.6 Å². The summed E-state index contributed by atoms with van der Waals surface area (Å²) in [5.41, 5.74) is 0. The maximum Gasteiger partial charge on any atom is 0.325 e. The second-order valence-corrected chi connectivity index (χ2v) is 18.8. The Balaban J connectivity index is 4.20. The van der Waals surface area contributed by atoms with Crippen LogP contribution in [0.4, 0.5) is 0 Å². The Kier molecular flexibility index (Phi) is 51.9. The summed E-state index contributed by atoms with van der Waals surface area (Å²) >= 11 is 0. The summed E-state index contributed by atoms with van der Waals surface area (Å²) in [4.78, 5) is 39.6. The molecular weight excluding hydrogens is 819 g/mol. The molecule has 1 N–H and O–H groups in total. The van der Waals surface area contributed by atoms with Gasteiger partial charge in [-0.25, -0.2) is 0 Å². The van der Waals surface area contributed by atoms with E-state index in [9.17, 15) is 14.7 Å². The minimum Gasteiger partial charge on any atom is -0.395 e. The van der Waals surface area contributed by atoms with Crippen LogP contribution < -0.4 is 0 Å². The lowest BCUT2D eigenvalue weighted by Crippen LogP contribution is -2.29. The van der Waals surface area contributed by atoms with Gasteiger partial charge in [-0.2, -0.15) is 0 Å². The summed E-state index contributed by atoms with van der Waals surface area (Å²) in [7, 11) is 0. The van der Waals surface area contributed by atoms with Gasteiger partial charge < -0.3 is 19.7 Å². The highest BCUT2D eigenvalue weighted by atomic mass is 16.7. The molecule has 8 heteroatoms. The van der Waals surface area contributed by atoms with Crippen molar-refractivity contribution in [3.8, 4) is 0 Å². The highest BCUT2D eigenvalue weighted by molar-refractivity contribution is 5.69. The summed E-state index contributed by atoms with van der Waals surface area (Å²) in [5.74, 6) is -0.179. The predicted molar refractivity (Wildman–Crippen MR) is 284 cm³/mol. The Morgan fingerprint density at radius 3 is 0.894 bits per heavy atom. The van der Waals surface area contributed by atoms with E-state index in [1.807, 2.05) is 10.1 Å². The zero-order valence-corrected chi connectivity index (χ0v) is 44.2. The molecule has 66 heavy (non-hydrogen) atoms. The molecule has 0 radical (unpaired) electrons. The lowest BCUT2D eigenvalue weighted by molar-refractivity contribution is -0.191. The number of aliphatic hydroxyl groups is 1. The van der Waals surface area contributed by atoms with Crippen molar-refractivity contribution in [2.45, 2.75) is 259 Å². The number of allylic oxidation sites excluding steroid dienone is 4. The number of hydrogen-bond donors (Lipinski definition) is 1. The van der Waals surface area contributed by atoms with E-state index in [2.05, 4.69) is 81.2 Å². The molecule has 0 saturated carbocycles. The summed E-state index contributed by atoms with van der Waals surface area (Å²) in [5, 5.41) is 13.4. The average molecular weight is 929 g/mol. The number of nitrogens with zero attached hydrogens (tertiary/aromatic N) is 3. The zero-order valence-electron chi connectivity index (χ0n) is 44.2. The van der Waals surface area contributed by atoms with Gasteiger partial charge in [-0.1, -0.05) is 192 Å². The minimum atomic E-state index is -0.0893. The van der Waals surface area contributed by atoms with Crippen molar-refractivity contribution in [2.24, 2.45) is 0 Å². The fourth-order valence-corrected chi connectivity index (χ4v) is 8.11. The van der Waals surface area contributed by atoms with Crippen LogP contribution in [0.5, 0.6) is 0 Å². The molecule has 0 aromatic rings. The molecule has 0 saturated heterocycles. The smallest absolute Gasteiger partial charge is 0.325 e. The van der Waals surface area contributed by atoms with Crippen LogP contribution in [0, 0.1) is 0 Å². The van der Waals surface area contributed by atoms with E-state index in [-0.39, 0.29) is 18.5 Å². The number of rotatable bonds is 52. The first-order chi connectivity index (χ1) is 32.5. The minimum absolute atomic E-state index is 0.0893. The summed E-state index contributed by atoms with van der Waals surface area (Å²) in [6, 6.07) is 0. The van der Waals surface area contributed by atoms with Crippen LogP contribution in [0.25, 0.3) is 0 Å². The normalized spacial score (nSPS) is 12.2. The van der Waals surface area contributed by atoms with E-state index in [0.717, 1.165) is 123 Å². The fourth-order valence-electron chi connectivity index (χ4n) is 8.11. The molecule has 386 valence electrons. The largest absolute Gasteiger partial charge is 0.395 e. The lowest BCUT2D eigenvalue weighted by Gasteiger charge is -2.21. The quantitative estimate of drug-likeness (QED) is 0.0367. The van der Waals surface area contributed by atoms with Crippen molar-refractivity contribution >= 4 is 11.9 Å². The third-order valence-electron chi connectivity index (χ3n) is 12.3. The molecule has 0 spiro atoms. The summed E-state index contributed by atoms with van der Waals surface area (Å²) < 4.78 is 0. The van der Waals surface area contributed by atoms with Crippen LogP contribution in [0.3, 0.4) is 0 Å². The molecule has 8 nitrogen and oxygen atoms in total. The molecule has 0 unspecified atom stereocenters. The van der Waals surface area contributed by atoms with Crippen molar-refractivity contribution < 1.29 is 24.4 Å². The van der Waals surface area contributed by atoms with Crippen LogP contribution >= 0.6 is 0 Å². The molecule has 0 bridgehead atoms. The summed E-state index contributed by atoms with van der Waals surface area (Å²) in [6.45, 7) is 15.1. The predicted octanol–water partition coefficient (Wildman–Crippen LogP) is 16.1. The molecule has 0 aromatic heterocycles. The van der Waals surface area contributed by atoms with E-state index in [0.29, 0.717) is 12.8 Å². The third-order valence-corrected chi connectivity index (χ3v) is 12.3. The first-order valence-corrected chi connectivity index (χ1v) is 28.3. The number of carbonyl (C=O) groups is 2. The number of hydrogen-bond acceptors (Lipinski definition) is 8. The molecule has 0 heterocycles. The van der Waals surface area contributed by atoms with Crippen LogP contribution in [-0.4, -0.2) is 84.5 Å². The Labute approximate surface area is 409 Å².